The lowest BCUT2D eigenvalue weighted by molar-refractivity contribution is -0.131. The number of nitrogens with one attached hydrogen (secondary N) is 1. The second kappa shape index (κ2) is 7.20. The lowest BCUT2D eigenvalue weighted by Crippen LogP contribution is -2.41. The number of benzene rings is 1. The largest absolute Gasteiger partial charge is 0.444 e. The molecule has 1 aromatic rings. The van der Waals surface area contributed by atoms with Crippen molar-refractivity contribution >= 4 is 17.7 Å². The summed E-state index contributed by atoms with van der Waals surface area (Å²) in [5, 5.41) is 2.65. The summed E-state index contributed by atoms with van der Waals surface area (Å²) >= 11 is 0. The number of alkyl carbamates (subject to hydrolysis) is 1. The van der Waals surface area contributed by atoms with E-state index in [1.54, 1.807) is 45.0 Å². The Morgan fingerprint density at radius 2 is 1.50 bits per heavy atom. The predicted octanol–water partition coefficient (Wildman–Crippen LogP) is 3.05. The number of amides is 1. The molecule has 0 aliphatic heterocycles. The molecule has 0 fully saturated rings. The Morgan fingerprint density at radius 1 is 1.00 bits per heavy atom. The third-order valence-corrected chi connectivity index (χ3v) is 3.04. The smallest absolute Gasteiger partial charge is 0.408 e. The molecule has 1 amide bonds. The van der Waals surface area contributed by atoms with E-state index in [1.165, 1.54) is 13.8 Å². The van der Waals surface area contributed by atoms with Gasteiger partial charge in [0.05, 0.1) is 6.04 Å². The maximum atomic E-state index is 12.0. The number of Topliss-reactive ketones (excluding diaryl/α,β-unsaturated/α-hetero) is 2. The van der Waals surface area contributed by atoms with E-state index < -0.39 is 23.7 Å². The van der Waals surface area contributed by atoms with Crippen LogP contribution in [-0.4, -0.2) is 23.3 Å². The van der Waals surface area contributed by atoms with Crippen molar-refractivity contribution in [1.82, 2.24) is 5.32 Å². The molecular formula is C17H23NO4. The van der Waals surface area contributed by atoms with Gasteiger partial charge in [-0.2, -0.15) is 0 Å². The van der Waals surface area contributed by atoms with Gasteiger partial charge in [-0.15, -0.1) is 0 Å². The topological polar surface area (TPSA) is 72.5 Å². The van der Waals surface area contributed by atoms with Gasteiger partial charge in [0, 0.05) is 0 Å². The summed E-state index contributed by atoms with van der Waals surface area (Å²) in [5.41, 5.74) is 0.0246. The van der Waals surface area contributed by atoms with Gasteiger partial charge in [-0.25, -0.2) is 4.79 Å². The molecule has 1 aromatic carbocycles. The Bertz CT molecular complexity index is 532. The third-order valence-electron chi connectivity index (χ3n) is 3.04. The first-order valence-electron chi connectivity index (χ1n) is 7.17. The van der Waals surface area contributed by atoms with Crippen LogP contribution < -0.4 is 5.32 Å². The van der Waals surface area contributed by atoms with Crippen molar-refractivity contribution in [3.05, 3.63) is 35.9 Å². The van der Waals surface area contributed by atoms with Crippen LogP contribution in [0.4, 0.5) is 4.79 Å². The first kappa shape index (κ1) is 17.9. The molecule has 5 heteroatoms. The summed E-state index contributed by atoms with van der Waals surface area (Å²) in [6.45, 7) is 7.93. The lowest BCUT2D eigenvalue weighted by Gasteiger charge is -2.27. The van der Waals surface area contributed by atoms with Gasteiger partial charge in [-0.05, 0) is 40.2 Å². The predicted molar refractivity (Wildman–Crippen MR) is 83.4 cm³/mol. The maximum absolute atomic E-state index is 12.0. The molecule has 0 aliphatic carbocycles. The highest BCUT2D eigenvalue weighted by Crippen LogP contribution is 2.24. The number of carbonyl (C=O) groups is 3. The average molecular weight is 305 g/mol. The van der Waals surface area contributed by atoms with E-state index in [1.807, 2.05) is 6.07 Å². The molecule has 1 atom stereocenters. The first-order valence-corrected chi connectivity index (χ1v) is 7.17. The lowest BCUT2D eigenvalue weighted by atomic mass is 9.87. The van der Waals surface area contributed by atoms with Crippen molar-refractivity contribution in [3.63, 3.8) is 0 Å². The molecule has 120 valence electrons. The summed E-state index contributed by atoms with van der Waals surface area (Å²) in [5.74, 6) is -1.52. The highest BCUT2D eigenvalue weighted by molar-refractivity contribution is 6.01. The van der Waals surface area contributed by atoms with Crippen LogP contribution in [-0.2, 0) is 14.3 Å². The van der Waals surface area contributed by atoms with Crippen molar-refractivity contribution in [2.24, 2.45) is 5.92 Å². The number of rotatable bonds is 5. The Kier molecular flexibility index (Phi) is 5.85. The molecule has 0 spiro atoms. The molecule has 0 saturated heterocycles. The Balaban J connectivity index is 3.10. The number of ether oxygens (including phenoxy) is 1. The second-order valence-electron chi connectivity index (χ2n) is 6.23. The van der Waals surface area contributed by atoms with Gasteiger partial charge in [0.1, 0.15) is 23.1 Å². The van der Waals surface area contributed by atoms with Gasteiger partial charge in [0.2, 0.25) is 0 Å². The molecular weight excluding hydrogens is 282 g/mol. The number of carbonyl (C=O) groups excluding carboxylic acids is 3. The maximum Gasteiger partial charge on any atom is 0.408 e. The van der Waals surface area contributed by atoms with Crippen LogP contribution in [0.5, 0.6) is 0 Å². The summed E-state index contributed by atoms with van der Waals surface area (Å²) < 4.78 is 5.23. The van der Waals surface area contributed by atoms with Crippen LogP contribution in [0.1, 0.15) is 46.2 Å². The van der Waals surface area contributed by atoms with Crippen molar-refractivity contribution in [1.29, 1.82) is 0 Å². The van der Waals surface area contributed by atoms with Gasteiger partial charge in [-0.1, -0.05) is 30.3 Å². The molecule has 0 aromatic heterocycles. The van der Waals surface area contributed by atoms with E-state index in [4.69, 9.17) is 4.74 Å². The molecule has 1 N–H and O–H groups in total. The van der Waals surface area contributed by atoms with Gasteiger partial charge < -0.3 is 10.1 Å². The molecule has 0 radical (unpaired) electrons. The van der Waals surface area contributed by atoms with E-state index in [0.29, 0.717) is 5.56 Å². The molecule has 1 rings (SSSR count). The fraction of sp³-hybridized carbons (Fsp3) is 0.471. The zero-order chi connectivity index (χ0) is 16.9. The second-order valence-corrected chi connectivity index (χ2v) is 6.23. The minimum atomic E-state index is -0.935. The standard InChI is InChI=1S/C17H23NO4/c1-11(19)14(12(2)20)15(13-9-7-6-8-10-13)18-16(21)22-17(3,4)5/h6-10,14-15H,1-5H3,(H,18,21). The van der Waals surface area contributed by atoms with Crippen LogP contribution in [0.15, 0.2) is 30.3 Å². The van der Waals surface area contributed by atoms with E-state index >= 15 is 0 Å². The number of ketones is 2. The molecule has 5 nitrogen and oxygen atoms in total. The van der Waals surface area contributed by atoms with Crippen LogP contribution in [0.3, 0.4) is 0 Å². The number of hydrogen-bond acceptors (Lipinski definition) is 4. The van der Waals surface area contributed by atoms with Crippen molar-refractivity contribution < 1.29 is 19.1 Å². The van der Waals surface area contributed by atoms with Gasteiger partial charge in [0.15, 0.2) is 0 Å². The van der Waals surface area contributed by atoms with Gasteiger partial charge >= 0.3 is 6.09 Å². The van der Waals surface area contributed by atoms with Crippen molar-refractivity contribution in [2.75, 3.05) is 0 Å². The Morgan fingerprint density at radius 3 is 1.91 bits per heavy atom. The number of hydrogen-bond donors (Lipinski definition) is 1. The van der Waals surface area contributed by atoms with Crippen LogP contribution in [0.25, 0.3) is 0 Å². The monoisotopic (exact) mass is 305 g/mol. The van der Waals surface area contributed by atoms with Crippen LogP contribution >= 0.6 is 0 Å². The van der Waals surface area contributed by atoms with Crippen LogP contribution in [0, 0.1) is 5.92 Å². The molecule has 0 saturated carbocycles. The SMILES string of the molecule is CC(=O)C(C(C)=O)C(NC(=O)OC(C)(C)C)c1ccccc1. The van der Waals surface area contributed by atoms with Crippen molar-refractivity contribution in [3.8, 4) is 0 Å². The van der Waals surface area contributed by atoms with Gasteiger partial charge in [0.25, 0.3) is 0 Å². The van der Waals surface area contributed by atoms with Crippen molar-refractivity contribution in [2.45, 2.75) is 46.3 Å². The molecule has 1 unspecified atom stereocenters. The molecule has 0 bridgehead atoms. The van der Waals surface area contributed by atoms with E-state index in [0.717, 1.165) is 0 Å². The first-order chi connectivity index (χ1) is 10.1. The summed E-state index contributed by atoms with van der Waals surface area (Å²) in [6.07, 6.45) is -0.658. The minimum absolute atomic E-state index is 0.294. The molecule has 22 heavy (non-hydrogen) atoms. The zero-order valence-corrected chi connectivity index (χ0v) is 13.7. The van der Waals surface area contributed by atoms with Gasteiger partial charge in [-0.3, -0.25) is 9.59 Å². The summed E-state index contributed by atoms with van der Waals surface area (Å²) in [4.78, 5) is 35.7. The minimum Gasteiger partial charge on any atom is -0.444 e. The van der Waals surface area contributed by atoms with E-state index in [9.17, 15) is 14.4 Å². The van der Waals surface area contributed by atoms with Crippen LogP contribution in [0.2, 0.25) is 0 Å². The molecule has 0 aliphatic rings. The summed E-state index contributed by atoms with van der Waals surface area (Å²) in [7, 11) is 0. The normalized spacial score (nSPS) is 12.6. The van der Waals surface area contributed by atoms with E-state index in [-0.39, 0.29) is 11.6 Å². The Hall–Kier alpha value is -2.17. The molecule has 0 heterocycles. The average Bonchev–Trinajstić information content (AvgIpc) is 2.35. The highest BCUT2D eigenvalue weighted by Gasteiger charge is 2.33. The fourth-order valence-corrected chi connectivity index (χ4v) is 2.21. The quantitative estimate of drug-likeness (QED) is 0.849. The third kappa shape index (κ3) is 5.31. The Labute approximate surface area is 131 Å². The fourth-order valence-electron chi connectivity index (χ4n) is 2.21. The highest BCUT2D eigenvalue weighted by atomic mass is 16.6. The van der Waals surface area contributed by atoms with E-state index in [2.05, 4.69) is 5.32 Å². The summed E-state index contributed by atoms with van der Waals surface area (Å²) in [6, 6.07) is 8.19. The zero-order valence-electron chi connectivity index (χ0n) is 13.7.